The van der Waals surface area contributed by atoms with Gasteiger partial charge in [-0.05, 0) is 42.8 Å². The monoisotopic (exact) mass is 337 g/mol. The highest BCUT2D eigenvalue weighted by atomic mass is 19.1. The lowest BCUT2D eigenvalue weighted by molar-refractivity contribution is 0.588. The van der Waals surface area contributed by atoms with E-state index in [0.29, 0.717) is 11.5 Å². The minimum absolute atomic E-state index is 0.165. The number of rotatable bonds is 3. The number of aryl methyl sites for hydroxylation is 1. The molecule has 4 aromatic rings. The number of benzene rings is 1. The van der Waals surface area contributed by atoms with Crippen molar-refractivity contribution in [2.45, 2.75) is 6.92 Å². The molecule has 7 heteroatoms. The van der Waals surface area contributed by atoms with E-state index in [1.54, 1.807) is 30.7 Å². The Kier molecular flexibility index (Phi) is 3.61. The van der Waals surface area contributed by atoms with Crippen LogP contribution in [0.1, 0.15) is 5.56 Å². The highest BCUT2D eigenvalue weighted by Crippen LogP contribution is 2.26. The zero-order valence-corrected chi connectivity index (χ0v) is 13.2. The molecular formula is C18H13F2N5. The fraction of sp³-hybridized carbons (Fsp3) is 0.0556. The van der Waals surface area contributed by atoms with E-state index in [0.717, 1.165) is 11.3 Å². The maximum absolute atomic E-state index is 14.0. The quantitative estimate of drug-likeness (QED) is 0.611. The molecule has 1 N–H and O–H groups in total. The van der Waals surface area contributed by atoms with E-state index < -0.39 is 11.6 Å². The summed E-state index contributed by atoms with van der Waals surface area (Å²) in [7, 11) is 0. The standard InChI is InChI=1S/C18H13F2N5/c1-11-7-8-21-10-16(11)23-18-22-9-12-5-6-15(24-25(12)18)17-13(19)3-2-4-14(17)20/h2-10H,1H3,(H,22,23). The first kappa shape index (κ1) is 15.2. The Morgan fingerprint density at radius 2 is 1.80 bits per heavy atom. The SMILES string of the molecule is Cc1ccncc1Nc1ncc2ccc(-c3c(F)cccc3F)nn12. The predicted octanol–water partition coefficient (Wildman–Crippen LogP) is 4.12. The van der Waals surface area contributed by atoms with Crippen molar-refractivity contribution in [1.82, 2.24) is 19.6 Å². The lowest BCUT2D eigenvalue weighted by atomic mass is 10.1. The molecule has 0 saturated carbocycles. The molecule has 3 aromatic heterocycles. The van der Waals surface area contributed by atoms with Gasteiger partial charge < -0.3 is 5.32 Å². The number of imidazole rings is 1. The van der Waals surface area contributed by atoms with Gasteiger partial charge in [0, 0.05) is 6.20 Å². The van der Waals surface area contributed by atoms with E-state index in [-0.39, 0.29) is 11.3 Å². The molecule has 0 aliphatic heterocycles. The van der Waals surface area contributed by atoms with Gasteiger partial charge in [0.05, 0.1) is 34.9 Å². The normalized spacial score (nSPS) is 11.0. The number of hydrogen-bond donors (Lipinski definition) is 1. The number of nitrogens with zero attached hydrogens (tertiary/aromatic N) is 4. The predicted molar refractivity (Wildman–Crippen MR) is 90.6 cm³/mol. The average Bonchev–Trinajstić information content (AvgIpc) is 2.99. The summed E-state index contributed by atoms with van der Waals surface area (Å²) in [5.41, 5.74) is 2.49. The van der Waals surface area contributed by atoms with Crippen molar-refractivity contribution < 1.29 is 8.78 Å². The minimum atomic E-state index is -0.662. The van der Waals surface area contributed by atoms with Crippen LogP contribution in [0, 0.1) is 18.6 Å². The van der Waals surface area contributed by atoms with Crippen LogP contribution in [-0.2, 0) is 0 Å². The maximum Gasteiger partial charge on any atom is 0.229 e. The second kappa shape index (κ2) is 5.94. The molecule has 1 aromatic carbocycles. The molecule has 124 valence electrons. The van der Waals surface area contributed by atoms with Crippen LogP contribution in [0.2, 0.25) is 0 Å². The second-order valence-electron chi connectivity index (χ2n) is 5.55. The van der Waals surface area contributed by atoms with Gasteiger partial charge >= 0.3 is 0 Å². The molecule has 0 spiro atoms. The van der Waals surface area contributed by atoms with Crippen molar-refractivity contribution in [3.8, 4) is 11.3 Å². The van der Waals surface area contributed by atoms with Crippen LogP contribution in [-0.4, -0.2) is 19.6 Å². The molecule has 0 amide bonds. The molecular weight excluding hydrogens is 324 g/mol. The number of hydrogen-bond acceptors (Lipinski definition) is 4. The Balaban J connectivity index is 1.82. The summed E-state index contributed by atoms with van der Waals surface area (Å²) in [5, 5.41) is 7.49. The zero-order valence-electron chi connectivity index (χ0n) is 13.2. The van der Waals surface area contributed by atoms with E-state index in [1.165, 1.54) is 22.7 Å². The van der Waals surface area contributed by atoms with Crippen molar-refractivity contribution in [1.29, 1.82) is 0 Å². The number of halogens is 2. The van der Waals surface area contributed by atoms with Gasteiger partial charge in [-0.15, -0.1) is 0 Å². The van der Waals surface area contributed by atoms with Crippen LogP contribution >= 0.6 is 0 Å². The van der Waals surface area contributed by atoms with Crippen molar-refractivity contribution in [3.05, 3.63) is 72.2 Å². The Bertz CT molecular complexity index is 1050. The van der Waals surface area contributed by atoms with Gasteiger partial charge in [-0.1, -0.05) is 6.07 Å². The molecule has 0 bridgehead atoms. The van der Waals surface area contributed by atoms with Crippen molar-refractivity contribution >= 4 is 17.2 Å². The number of nitrogens with one attached hydrogen (secondary N) is 1. The van der Waals surface area contributed by atoms with E-state index in [4.69, 9.17) is 0 Å². The first-order valence-electron chi connectivity index (χ1n) is 7.60. The third kappa shape index (κ3) is 2.69. The van der Waals surface area contributed by atoms with Crippen LogP contribution < -0.4 is 5.32 Å². The number of aromatic nitrogens is 4. The fourth-order valence-electron chi connectivity index (χ4n) is 2.56. The van der Waals surface area contributed by atoms with Gasteiger partial charge in [0.1, 0.15) is 11.6 Å². The average molecular weight is 337 g/mol. The highest BCUT2D eigenvalue weighted by molar-refractivity contribution is 5.65. The smallest absolute Gasteiger partial charge is 0.229 e. The molecule has 0 radical (unpaired) electrons. The summed E-state index contributed by atoms with van der Waals surface area (Å²) >= 11 is 0. The first-order chi connectivity index (χ1) is 12.1. The molecule has 3 heterocycles. The largest absolute Gasteiger partial charge is 0.323 e. The highest BCUT2D eigenvalue weighted by Gasteiger charge is 2.14. The first-order valence-corrected chi connectivity index (χ1v) is 7.60. The molecule has 5 nitrogen and oxygen atoms in total. The van der Waals surface area contributed by atoms with Gasteiger partial charge in [-0.3, -0.25) is 4.98 Å². The fourth-order valence-corrected chi connectivity index (χ4v) is 2.56. The van der Waals surface area contributed by atoms with Crippen molar-refractivity contribution in [3.63, 3.8) is 0 Å². The molecule has 0 saturated heterocycles. The maximum atomic E-state index is 14.0. The summed E-state index contributed by atoms with van der Waals surface area (Å²) in [6.45, 7) is 1.94. The zero-order chi connectivity index (χ0) is 17.4. The molecule has 0 fully saturated rings. The van der Waals surface area contributed by atoms with E-state index in [9.17, 15) is 8.78 Å². The summed E-state index contributed by atoms with van der Waals surface area (Å²) in [5.74, 6) is -0.890. The van der Waals surface area contributed by atoms with E-state index in [1.807, 2.05) is 13.0 Å². The van der Waals surface area contributed by atoms with Crippen LogP contribution in [0.4, 0.5) is 20.4 Å². The van der Waals surface area contributed by atoms with Crippen LogP contribution in [0.5, 0.6) is 0 Å². The van der Waals surface area contributed by atoms with Crippen LogP contribution in [0.15, 0.2) is 55.0 Å². The van der Waals surface area contributed by atoms with Crippen molar-refractivity contribution in [2.24, 2.45) is 0 Å². The van der Waals surface area contributed by atoms with E-state index in [2.05, 4.69) is 20.4 Å². The van der Waals surface area contributed by atoms with Crippen LogP contribution in [0.25, 0.3) is 16.8 Å². The second-order valence-corrected chi connectivity index (χ2v) is 5.55. The van der Waals surface area contributed by atoms with Gasteiger partial charge in [0.15, 0.2) is 0 Å². The third-order valence-corrected chi connectivity index (χ3v) is 3.89. The number of anilines is 2. The number of fused-ring (bicyclic) bond motifs is 1. The molecule has 4 rings (SSSR count). The van der Waals surface area contributed by atoms with Gasteiger partial charge in [0.25, 0.3) is 0 Å². The van der Waals surface area contributed by atoms with Gasteiger partial charge in [-0.25, -0.2) is 13.8 Å². The molecule has 0 aliphatic carbocycles. The Morgan fingerprint density at radius 1 is 1.00 bits per heavy atom. The summed E-state index contributed by atoms with van der Waals surface area (Å²) in [6.07, 6.45) is 5.00. The summed E-state index contributed by atoms with van der Waals surface area (Å²) in [4.78, 5) is 8.36. The molecule has 0 atom stereocenters. The topological polar surface area (TPSA) is 55.1 Å². The Hall–Kier alpha value is -3.35. The summed E-state index contributed by atoms with van der Waals surface area (Å²) in [6, 6.07) is 8.88. The molecule has 0 unspecified atom stereocenters. The molecule has 25 heavy (non-hydrogen) atoms. The molecule has 0 aliphatic rings. The minimum Gasteiger partial charge on any atom is -0.323 e. The lowest BCUT2D eigenvalue weighted by Crippen LogP contribution is -2.03. The van der Waals surface area contributed by atoms with Crippen LogP contribution in [0.3, 0.4) is 0 Å². The van der Waals surface area contributed by atoms with Gasteiger partial charge in [-0.2, -0.15) is 9.61 Å². The van der Waals surface area contributed by atoms with E-state index >= 15 is 0 Å². The number of pyridine rings is 1. The van der Waals surface area contributed by atoms with Crippen molar-refractivity contribution in [2.75, 3.05) is 5.32 Å². The Morgan fingerprint density at radius 3 is 2.56 bits per heavy atom. The van der Waals surface area contributed by atoms with Gasteiger partial charge in [0.2, 0.25) is 5.95 Å². The summed E-state index contributed by atoms with van der Waals surface area (Å²) < 4.78 is 29.6. The Labute approximate surface area is 142 Å². The lowest BCUT2D eigenvalue weighted by Gasteiger charge is -2.09. The third-order valence-electron chi connectivity index (χ3n) is 3.89.